The lowest BCUT2D eigenvalue weighted by atomic mass is 9.99. The molecule has 2 rings (SSSR count). The fourth-order valence-corrected chi connectivity index (χ4v) is 2.99. The SMILES string of the molecule is CC(C)(C)N1CCCC1c1c(F)cccc1Cl. The van der Waals surface area contributed by atoms with Gasteiger partial charge in [-0.15, -0.1) is 0 Å². The van der Waals surface area contributed by atoms with E-state index in [0.717, 1.165) is 19.4 Å². The maximum atomic E-state index is 14.0. The van der Waals surface area contributed by atoms with E-state index >= 15 is 0 Å². The summed E-state index contributed by atoms with van der Waals surface area (Å²) in [5.74, 6) is -0.182. The molecule has 1 aliphatic heterocycles. The molecule has 0 radical (unpaired) electrons. The first kappa shape index (κ1) is 12.8. The smallest absolute Gasteiger partial charge is 0.129 e. The molecule has 0 spiro atoms. The summed E-state index contributed by atoms with van der Waals surface area (Å²) in [7, 11) is 0. The standard InChI is InChI=1S/C14H19ClFN/c1-14(2,3)17-9-5-8-12(17)13-10(15)6-4-7-11(13)16/h4,6-7,12H,5,8-9H2,1-3H3. The highest BCUT2D eigenvalue weighted by Crippen LogP contribution is 2.40. The van der Waals surface area contributed by atoms with Crippen LogP contribution in [0.4, 0.5) is 4.39 Å². The van der Waals surface area contributed by atoms with Crippen molar-refractivity contribution in [3.8, 4) is 0 Å². The minimum atomic E-state index is -0.182. The normalized spacial score (nSPS) is 22.1. The second-order valence-corrected chi connectivity index (χ2v) is 6.06. The van der Waals surface area contributed by atoms with Crippen LogP contribution in [0.2, 0.25) is 5.02 Å². The Morgan fingerprint density at radius 3 is 2.65 bits per heavy atom. The number of nitrogens with zero attached hydrogens (tertiary/aromatic N) is 1. The van der Waals surface area contributed by atoms with Gasteiger partial charge in [0.1, 0.15) is 5.82 Å². The van der Waals surface area contributed by atoms with Gasteiger partial charge in [0, 0.05) is 22.2 Å². The van der Waals surface area contributed by atoms with Gasteiger partial charge in [0.25, 0.3) is 0 Å². The number of benzene rings is 1. The van der Waals surface area contributed by atoms with E-state index in [1.165, 1.54) is 6.07 Å². The fourth-order valence-electron chi connectivity index (χ4n) is 2.70. The summed E-state index contributed by atoms with van der Waals surface area (Å²) < 4.78 is 14.0. The summed E-state index contributed by atoms with van der Waals surface area (Å²) in [5, 5.41) is 0.547. The van der Waals surface area contributed by atoms with Gasteiger partial charge in [-0.25, -0.2) is 4.39 Å². The zero-order valence-corrected chi connectivity index (χ0v) is 11.4. The van der Waals surface area contributed by atoms with Crippen LogP contribution in [-0.4, -0.2) is 17.0 Å². The Bertz CT molecular complexity index is 391. The fraction of sp³-hybridized carbons (Fsp3) is 0.571. The molecule has 0 saturated carbocycles. The van der Waals surface area contributed by atoms with Gasteiger partial charge in [0.15, 0.2) is 0 Å². The van der Waals surface area contributed by atoms with E-state index in [-0.39, 0.29) is 17.4 Å². The van der Waals surface area contributed by atoms with Crippen LogP contribution in [0.1, 0.15) is 45.2 Å². The first-order valence-electron chi connectivity index (χ1n) is 6.12. The Hall–Kier alpha value is -0.600. The van der Waals surface area contributed by atoms with Crippen LogP contribution in [0.15, 0.2) is 18.2 Å². The zero-order valence-electron chi connectivity index (χ0n) is 10.6. The summed E-state index contributed by atoms with van der Waals surface area (Å²) >= 11 is 6.16. The van der Waals surface area contributed by atoms with Crippen molar-refractivity contribution in [1.82, 2.24) is 4.90 Å². The summed E-state index contributed by atoms with van der Waals surface area (Å²) in [6.07, 6.45) is 2.09. The number of hydrogen-bond donors (Lipinski definition) is 0. The van der Waals surface area contributed by atoms with Crippen LogP contribution >= 0.6 is 11.6 Å². The van der Waals surface area contributed by atoms with Crippen molar-refractivity contribution in [1.29, 1.82) is 0 Å². The third kappa shape index (κ3) is 2.48. The molecule has 1 unspecified atom stereocenters. The minimum absolute atomic E-state index is 0.0484. The molecule has 94 valence electrons. The van der Waals surface area contributed by atoms with Crippen molar-refractivity contribution in [3.63, 3.8) is 0 Å². The van der Waals surface area contributed by atoms with Crippen molar-refractivity contribution in [3.05, 3.63) is 34.6 Å². The monoisotopic (exact) mass is 255 g/mol. The Balaban J connectivity index is 2.39. The van der Waals surface area contributed by atoms with E-state index in [1.54, 1.807) is 12.1 Å². The lowest BCUT2D eigenvalue weighted by molar-refractivity contribution is 0.119. The molecule has 1 aliphatic rings. The molecule has 0 amide bonds. The molecule has 1 aromatic rings. The first-order chi connectivity index (χ1) is 7.91. The van der Waals surface area contributed by atoms with Gasteiger partial charge in [0.2, 0.25) is 0 Å². The summed E-state index contributed by atoms with van der Waals surface area (Å²) in [5.41, 5.74) is 0.717. The molecular weight excluding hydrogens is 237 g/mol. The maximum Gasteiger partial charge on any atom is 0.129 e. The van der Waals surface area contributed by atoms with Gasteiger partial charge in [-0.1, -0.05) is 17.7 Å². The van der Waals surface area contributed by atoms with Crippen molar-refractivity contribution in [2.24, 2.45) is 0 Å². The highest BCUT2D eigenvalue weighted by atomic mass is 35.5. The summed E-state index contributed by atoms with van der Waals surface area (Å²) in [6.45, 7) is 7.51. The molecule has 0 aromatic heterocycles. The largest absolute Gasteiger partial charge is 0.291 e. The van der Waals surface area contributed by atoms with Gasteiger partial charge in [0.05, 0.1) is 0 Å². The lowest BCUT2D eigenvalue weighted by Gasteiger charge is -2.37. The number of hydrogen-bond acceptors (Lipinski definition) is 1. The predicted octanol–water partition coefficient (Wildman–Crippen LogP) is 4.41. The lowest BCUT2D eigenvalue weighted by Crippen LogP contribution is -2.40. The highest BCUT2D eigenvalue weighted by Gasteiger charge is 2.35. The molecule has 0 N–H and O–H groups in total. The number of halogens is 2. The van der Waals surface area contributed by atoms with Crippen LogP contribution in [0.25, 0.3) is 0 Å². The van der Waals surface area contributed by atoms with E-state index in [4.69, 9.17) is 11.6 Å². The molecule has 3 heteroatoms. The molecule has 0 bridgehead atoms. The van der Waals surface area contributed by atoms with Crippen molar-refractivity contribution < 1.29 is 4.39 Å². The van der Waals surface area contributed by atoms with Gasteiger partial charge in [-0.05, 0) is 52.3 Å². The second-order valence-electron chi connectivity index (χ2n) is 5.66. The molecule has 0 aliphatic carbocycles. The second kappa shape index (κ2) is 4.58. The highest BCUT2D eigenvalue weighted by molar-refractivity contribution is 6.31. The summed E-state index contributed by atoms with van der Waals surface area (Å²) in [6, 6.07) is 5.06. The van der Waals surface area contributed by atoms with Crippen molar-refractivity contribution >= 4 is 11.6 Å². The van der Waals surface area contributed by atoms with Gasteiger partial charge in [-0.3, -0.25) is 4.90 Å². The molecule has 1 fully saturated rings. The maximum absolute atomic E-state index is 14.0. The third-order valence-electron chi connectivity index (χ3n) is 3.45. The van der Waals surface area contributed by atoms with Crippen molar-refractivity contribution in [2.75, 3.05) is 6.54 Å². The van der Waals surface area contributed by atoms with E-state index in [1.807, 2.05) is 0 Å². The van der Waals surface area contributed by atoms with E-state index in [0.29, 0.717) is 10.6 Å². The molecule has 1 heterocycles. The average molecular weight is 256 g/mol. The van der Waals surface area contributed by atoms with Gasteiger partial charge < -0.3 is 0 Å². The average Bonchev–Trinajstić information content (AvgIpc) is 2.65. The van der Waals surface area contributed by atoms with Crippen molar-refractivity contribution in [2.45, 2.75) is 45.2 Å². The first-order valence-corrected chi connectivity index (χ1v) is 6.49. The third-order valence-corrected chi connectivity index (χ3v) is 3.78. The zero-order chi connectivity index (χ0) is 12.6. The van der Waals surface area contributed by atoms with Crippen LogP contribution < -0.4 is 0 Å². The van der Waals surface area contributed by atoms with Crippen LogP contribution in [0.5, 0.6) is 0 Å². The van der Waals surface area contributed by atoms with Crippen LogP contribution in [-0.2, 0) is 0 Å². The molecule has 1 atom stereocenters. The quantitative estimate of drug-likeness (QED) is 0.718. The predicted molar refractivity (Wildman–Crippen MR) is 69.8 cm³/mol. The summed E-state index contributed by atoms with van der Waals surface area (Å²) in [4.78, 5) is 2.34. The van der Waals surface area contributed by atoms with E-state index < -0.39 is 0 Å². The number of rotatable bonds is 1. The number of likely N-dealkylation sites (tertiary alicyclic amines) is 1. The van der Waals surface area contributed by atoms with Crippen LogP contribution in [0.3, 0.4) is 0 Å². The molecular formula is C14H19ClFN. The molecule has 1 aromatic carbocycles. The minimum Gasteiger partial charge on any atom is -0.291 e. The Morgan fingerprint density at radius 2 is 2.06 bits per heavy atom. The van der Waals surface area contributed by atoms with E-state index in [2.05, 4.69) is 25.7 Å². The van der Waals surface area contributed by atoms with E-state index in [9.17, 15) is 4.39 Å². The topological polar surface area (TPSA) is 3.24 Å². The Labute approximate surface area is 108 Å². The molecule has 17 heavy (non-hydrogen) atoms. The molecule has 1 saturated heterocycles. The van der Waals surface area contributed by atoms with Gasteiger partial charge >= 0.3 is 0 Å². The molecule has 1 nitrogen and oxygen atoms in total. The van der Waals surface area contributed by atoms with Crippen LogP contribution in [0, 0.1) is 5.82 Å². The Morgan fingerprint density at radius 1 is 1.35 bits per heavy atom. The van der Waals surface area contributed by atoms with Gasteiger partial charge in [-0.2, -0.15) is 0 Å². The Kier molecular flexibility index (Phi) is 3.46.